The monoisotopic (exact) mass is 416 g/mol. The number of amides is 1. The number of benzene rings is 2. The van der Waals surface area contributed by atoms with Crippen LogP contribution in [0.4, 0.5) is 18.3 Å². The molecule has 2 heterocycles. The smallest absolute Gasteiger partial charge is 0.298 e. The zero-order valence-corrected chi connectivity index (χ0v) is 15.3. The summed E-state index contributed by atoms with van der Waals surface area (Å²) < 4.78 is 39.9. The number of fused-ring (bicyclic) bond motifs is 1. The van der Waals surface area contributed by atoms with E-state index in [0.717, 1.165) is 23.0 Å². The molecule has 0 aliphatic heterocycles. The second kappa shape index (κ2) is 7.13. The van der Waals surface area contributed by atoms with Crippen molar-refractivity contribution in [1.29, 1.82) is 0 Å². The summed E-state index contributed by atoms with van der Waals surface area (Å²) in [6.07, 6.45) is -1.83. The van der Waals surface area contributed by atoms with Gasteiger partial charge in [-0.25, -0.2) is 9.97 Å². The van der Waals surface area contributed by atoms with Gasteiger partial charge >= 0.3 is 6.18 Å². The molecule has 6 nitrogen and oxygen atoms in total. The van der Waals surface area contributed by atoms with E-state index in [0.29, 0.717) is 5.13 Å². The van der Waals surface area contributed by atoms with Crippen molar-refractivity contribution in [3.8, 4) is 5.69 Å². The van der Waals surface area contributed by atoms with Crippen molar-refractivity contribution in [3.05, 3.63) is 81.8 Å². The maximum absolute atomic E-state index is 12.9. The maximum Gasteiger partial charge on any atom is 0.416 e. The van der Waals surface area contributed by atoms with Gasteiger partial charge in [0.15, 0.2) is 5.13 Å². The van der Waals surface area contributed by atoms with Crippen LogP contribution in [-0.4, -0.2) is 20.4 Å². The third-order valence-corrected chi connectivity index (χ3v) is 4.81. The number of thiazole rings is 1. The zero-order valence-electron chi connectivity index (χ0n) is 14.5. The first kappa shape index (κ1) is 18.8. The van der Waals surface area contributed by atoms with E-state index in [1.54, 1.807) is 11.6 Å². The summed E-state index contributed by atoms with van der Waals surface area (Å²) in [6.45, 7) is 0. The van der Waals surface area contributed by atoms with Gasteiger partial charge in [0, 0.05) is 17.1 Å². The molecular formula is C19H11F3N4O2S. The fraction of sp³-hybridized carbons (Fsp3) is 0.0526. The molecule has 4 aromatic rings. The quantitative estimate of drug-likeness (QED) is 0.545. The predicted molar refractivity (Wildman–Crippen MR) is 102 cm³/mol. The minimum atomic E-state index is -4.52. The highest BCUT2D eigenvalue weighted by Crippen LogP contribution is 2.30. The number of rotatable bonds is 3. The number of aromatic nitrogens is 3. The van der Waals surface area contributed by atoms with Crippen molar-refractivity contribution in [2.24, 2.45) is 0 Å². The molecule has 0 spiro atoms. The molecule has 146 valence electrons. The minimum Gasteiger partial charge on any atom is -0.298 e. The molecule has 0 aliphatic rings. The van der Waals surface area contributed by atoms with Crippen molar-refractivity contribution in [3.63, 3.8) is 0 Å². The lowest BCUT2D eigenvalue weighted by Gasteiger charge is -2.11. The molecule has 0 radical (unpaired) electrons. The van der Waals surface area contributed by atoms with E-state index >= 15 is 0 Å². The number of carbonyl (C=O) groups is 1. The van der Waals surface area contributed by atoms with Gasteiger partial charge in [-0.3, -0.25) is 19.5 Å². The van der Waals surface area contributed by atoms with Gasteiger partial charge in [0.25, 0.3) is 11.5 Å². The highest BCUT2D eigenvalue weighted by Gasteiger charge is 2.30. The van der Waals surface area contributed by atoms with Gasteiger partial charge in [-0.15, -0.1) is 11.3 Å². The van der Waals surface area contributed by atoms with Gasteiger partial charge in [-0.05, 0) is 36.4 Å². The Hall–Kier alpha value is -3.53. The third kappa shape index (κ3) is 3.74. The number of carbonyl (C=O) groups excluding carboxylic acids is 1. The van der Waals surface area contributed by atoms with Crippen molar-refractivity contribution >= 4 is 33.3 Å². The number of hydrogen-bond donors (Lipinski definition) is 1. The zero-order chi connectivity index (χ0) is 20.6. The van der Waals surface area contributed by atoms with Crippen molar-refractivity contribution in [1.82, 2.24) is 14.5 Å². The first-order chi connectivity index (χ1) is 13.8. The Bertz CT molecular complexity index is 1270. The number of alkyl halides is 3. The van der Waals surface area contributed by atoms with Crippen LogP contribution in [0.1, 0.15) is 15.9 Å². The van der Waals surface area contributed by atoms with Gasteiger partial charge in [0.05, 0.1) is 22.2 Å². The van der Waals surface area contributed by atoms with Crippen LogP contribution >= 0.6 is 11.3 Å². The first-order valence-corrected chi connectivity index (χ1v) is 9.11. The Kier molecular flexibility index (Phi) is 4.63. The van der Waals surface area contributed by atoms with Crippen LogP contribution in [-0.2, 0) is 6.18 Å². The molecule has 2 aromatic carbocycles. The number of nitrogens with zero attached hydrogens (tertiary/aromatic N) is 3. The molecule has 1 N–H and O–H groups in total. The van der Waals surface area contributed by atoms with Crippen LogP contribution in [0.15, 0.2) is 65.2 Å². The van der Waals surface area contributed by atoms with E-state index in [4.69, 9.17) is 0 Å². The van der Waals surface area contributed by atoms with Crippen molar-refractivity contribution < 1.29 is 18.0 Å². The standard InChI is InChI=1S/C19H11F3N4O2S/c20-19(21,22)12-2-1-3-13(9-12)26-10-24-15-8-11(4-5-14(15)17(26)28)16(27)25-18-23-6-7-29-18/h1-10H,(H,23,25,27). The molecule has 0 bridgehead atoms. The van der Waals surface area contributed by atoms with E-state index in [-0.39, 0.29) is 22.2 Å². The Morgan fingerprint density at radius 2 is 1.93 bits per heavy atom. The minimum absolute atomic E-state index is 0.0461. The molecule has 1 amide bonds. The van der Waals surface area contributed by atoms with Gasteiger partial charge in [-0.2, -0.15) is 13.2 Å². The second-order valence-electron chi connectivity index (χ2n) is 5.99. The summed E-state index contributed by atoms with van der Waals surface area (Å²) in [6, 6.07) is 8.73. The highest BCUT2D eigenvalue weighted by atomic mass is 32.1. The maximum atomic E-state index is 12.9. The van der Waals surface area contributed by atoms with Crippen LogP contribution in [0, 0.1) is 0 Å². The molecule has 0 atom stereocenters. The molecule has 0 fully saturated rings. The lowest BCUT2D eigenvalue weighted by atomic mass is 10.1. The van der Waals surface area contributed by atoms with E-state index in [9.17, 15) is 22.8 Å². The predicted octanol–water partition coefficient (Wildman–Crippen LogP) is 4.11. The summed E-state index contributed by atoms with van der Waals surface area (Å²) in [4.78, 5) is 33.2. The highest BCUT2D eigenvalue weighted by molar-refractivity contribution is 7.13. The van der Waals surface area contributed by atoms with E-state index in [1.165, 1.54) is 41.7 Å². The van der Waals surface area contributed by atoms with E-state index < -0.39 is 23.2 Å². The lowest BCUT2D eigenvalue weighted by molar-refractivity contribution is -0.137. The van der Waals surface area contributed by atoms with Crippen LogP contribution in [0.25, 0.3) is 16.6 Å². The number of halogens is 3. The number of nitrogens with one attached hydrogen (secondary N) is 1. The molecule has 10 heteroatoms. The Labute approximate surface area is 165 Å². The van der Waals surface area contributed by atoms with E-state index in [1.807, 2.05) is 0 Å². The first-order valence-electron chi connectivity index (χ1n) is 8.23. The molecule has 0 saturated carbocycles. The molecular weight excluding hydrogens is 405 g/mol. The van der Waals surface area contributed by atoms with Crippen LogP contribution in [0.2, 0.25) is 0 Å². The fourth-order valence-electron chi connectivity index (χ4n) is 2.73. The molecule has 0 unspecified atom stereocenters. The Balaban J connectivity index is 1.72. The SMILES string of the molecule is O=C(Nc1nccs1)c1ccc2c(=O)n(-c3cccc(C(F)(F)F)c3)cnc2c1. The van der Waals surface area contributed by atoms with Gasteiger partial charge in [0.2, 0.25) is 0 Å². The summed E-state index contributed by atoms with van der Waals surface area (Å²) in [5, 5.41) is 4.95. The summed E-state index contributed by atoms with van der Waals surface area (Å²) in [7, 11) is 0. The van der Waals surface area contributed by atoms with Crippen LogP contribution in [0.5, 0.6) is 0 Å². The Morgan fingerprint density at radius 3 is 2.66 bits per heavy atom. The number of hydrogen-bond acceptors (Lipinski definition) is 5. The number of anilines is 1. The normalized spacial score (nSPS) is 11.6. The largest absolute Gasteiger partial charge is 0.416 e. The average molecular weight is 416 g/mol. The topological polar surface area (TPSA) is 76.9 Å². The third-order valence-electron chi connectivity index (χ3n) is 4.13. The molecule has 0 saturated heterocycles. The summed E-state index contributed by atoms with van der Waals surface area (Å²) >= 11 is 1.26. The van der Waals surface area contributed by atoms with Crippen molar-refractivity contribution in [2.75, 3.05) is 5.32 Å². The lowest BCUT2D eigenvalue weighted by Crippen LogP contribution is -2.20. The molecule has 29 heavy (non-hydrogen) atoms. The summed E-state index contributed by atoms with van der Waals surface area (Å²) in [5.41, 5.74) is -0.830. The van der Waals surface area contributed by atoms with E-state index in [2.05, 4.69) is 15.3 Å². The fourth-order valence-corrected chi connectivity index (χ4v) is 3.26. The van der Waals surface area contributed by atoms with Crippen LogP contribution < -0.4 is 10.9 Å². The van der Waals surface area contributed by atoms with Crippen LogP contribution in [0.3, 0.4) is 0 Å². The van der Waals surface area contributed by atoms with Crippen molar-refractivity contribution in [2.45, 2.75) is 6.18 Å². The molecule has 0 aliphatic carbocycles. The van der Waals surface area contributed by atoms with Gasteiger partial charge in [-0.1, -0.05) is 6.07 Å². The van der Waals surface area contributed by atoms with Gasteiger partial charge < -0.3 is 0 Å². The second-order valence-corrected chi connectivity index (χ2v) is 6.89. The molecule has 2 aromatic heterocycles. The van der Waals surface area contributed by atoms with Gasteiger partial charge in [0.1, 0.15) is 6.33 Å². The summed E-state index contributed by atoms with van der Waals surface area (Å²) in [5.74, 6) is -0.411. The molecule has 4 rings (SSSR count). The average Bonchev–Trinajstić information content (AvgIpc) is 3.20. The Morgan fingerprint density at radius 1 is 1.10 bits per heavy atom.